The molecule has 0 bridgehead atoms. The van der Waals surface area contributed by atoms with Crippen molar-refractivity contribution in [2.75, 3.05) is 13.7 Å². The molecule has 0 aliphatic carbocycles. The number of fused-ring (bicyclic) bond motifs is 1. The molecule has 4 rings (SSSR count). The zero-order valence-corrected chi connectivity index (χ0v) is 19.3. The number of carbonyl (C=O) groups is 1. The standard InChI is InChI=1S/C27H27N3O5/c1-35-21-12-10-19(11-13-21)22(25-26(33)29-23-9-5-6-14-30(23)27(25)34)16-24(32)28-20(17-31)15-18-7-3-2-4-8-18/h2-14,20,22,31,33H,15-17H2,1H3,(H,28,32). The largest absolute Gasteiger partial charge is 0.497 e. The molecule has 8 nitrogen and oxygen atoms in total. The zero-order valence-electron chi connectivity index (χ0n) is 19.3. The Morgan fingerprint density at radius 2 is 1.77 bits per heavy atom. The molecule has 2 atom stereocenters. The highest BCUT2D eigenvalue weighted by Crippen LogP contribution is 2.32. The van der Waals surface area contributed by atoms with Crippen LogP contribution in [0.2, 0.25) is 0 Å². The highest BCUT2D eigenvalue weighted by molar-refractivity contribution is 5.78. The van der Waals surface area contributed by atoms with Gasteiger partial charge in [-0.3, -0.25) is 14.0 Å². The maximum atomic E-state index is 13.4. The SMILES string of the molecule is COc1ccc(C(CC(=O)NC(CO)Cc2ccccc2)c2c(O)nc3ccccn3c2=O)cc1. The van der Waals surface area contributed by atoms with Gasteiger partial charge in [0, 0.05) is 18.5 Å². The number of methoxy groups -OCH3 is 1. The van der Waals surface area contributed by atoms with E-state index in [1.807, 2.05) is 30.3 Å². The normalized spacial score (nSPS) is 12.7. The Hall–Kier alpha value is -4.17. The van der Waals surface area contributed by atoms with Gasteiger partial charge >= 0.3 is 0 Å². The lowest BCUT2D eigenvalue weighted by molar-refractivity contribution is -0.122. The number of amides is 1. The Morgan fingerprint density at radius 3 is 2.46 bits per heavy atom. The van der Waals surface area contributed by atoms with Crippen LogP contribution in [0.1, 0.15) is 29.0 Å². The number of pyridine rings is 1. The van der Waals surface area contributed by atoms with Crippen molar-refractivity contribution in [1.29, 1.82) is 0 Å². The molecular formula is C27H27N3O5. The summed E-state index contributed by atoms with van der Waals surface area (Å²) < 4.78 is 6.57. The molecule has 0 fully saturated rings. The number of nitrogens with zero attached hydrogens (tertiary/aromatic N) is 2. The first-order valence-corrected chi connectivity index (χ1v) is 11.3. The van der Waals surface area contributed by atoms with Crippen LogP contribution in [0, 0.1) is 0 Å². The Kier molecular flexibility index (Phi) is 7.42. The Bertz CT molecular complexity index is 1350. The lowest BCUT2D eigenvalue weighted by Crippen LogP contribution is -2.40. The fourth-order valence-corrected chi connectivity index (χ4v) is 4.15. The molecule has 2 unspecified atom stereocenters. The van der Waals surface area contributed by atoms with Gasteiger partial charge in [0.2, 0.25) is 11.8 Å². The molecular weight excluding hydrogens is 446 g/mol. The van der Waals surface area contributed by atoms with Crippen molar-refractivity contribution in [3.8, 4) is 11.6 Å². The van der Waals surface area contributed by atoms with E-state index in [9.17, 15) is 19.8 Å². The number of rotatable bonds is 9. The molecule has 1 amide bonds. The number of nitrogens with one attached hydrogen (secondary N) is 1. The summed E-state index contributed by atoms with van der Waals surface area (Å²) in [5, 5.41) is 23.4. The number of aromatic nitrogens is 2. The van der Waals surface area contributed by atoms with Gasteiger partial charge in [-0.1, -0.05) is 48.5 Å². The Labute approximate surface area is 202 Å². The molecule has 0 saturated carbocycles. The Balaban J connectivity index is 1.67. The maximum absolute atomic E-state index is 13.4. The summed E-state index contributed by atoms with van der Waals surface area (Å²) in [7, 11) is 1.55. The summed E-state index contributed by atoms with van der Waals surface area (Å²) in [5.74, 6) is -0.928. The second-order valence-corrected chi connectivity index (χ2v) is 8.25. The minimum atomic E-state index is -0.769. The molecule has 0 spiro atoms. The predicted molar refractivity (Wildman–Crippen MR) is 132 cm³/mol. The molecule has 2 aromatic carbocycles. The van der Waals surface area contributed by atoms with Crippen LogP contribution in [0.3, 0.4) is 0 Å². The van der Waals surface area contributed by atoms with Crippen molar-refractivity contribution in [2.24, 2.45) is 0 Å². The van der Waals surface area contributed by atoms with Crippen LogP contribution in [0.25, 0.3) is 5.65 Å². The molecule has 8 heteroatoms. The van der Waals surface area contributed by atoms with Gasteiger partial charge in [-0.25, -0.2) is 0 Å². The smallest absolute Gasteiger partial charge is 0.265 e. The molecule has 3 N–H and O–H groups in total. The van der Waals surface area contributed by atoms with Crippen molar-refractivity contribution in [2.45, 2.75) is 24.8 Å². The van der Waals surface area contributed by atoms with Crippen molar-refractivity contribution in [3.05, 3.63) is 106 Å². The van der Waals surface area contributed by atoms with Crippen LogP contribution >= 0.6 is 0 Å². The van der Waals surface area contributed by atoms with Gasteiger partial charge in [-0.15, -0.1) is 0 Å². The third-order valence-electron chi connectivity index (χ3n) is 5.92. The van der Waals surface area contributed by atoms with Crippen molar-refractivity contribution in [1.82, 2.24) is 14.7 Å². The van der Waals surface area contributed by atoms with E-state index in [0.29, 0.717) is 23.4 Å². The summed E-state index contributed by atoms with van der Waals surface area (Å²) in [5.41, 5.74) is 1.50. The monoisotopic (exact) mass is 473 g/mol. The van der Waals surface area contributed by atoms with Gasteiger partial charge in [0.15, 0.2) is 0 Å². The molecule has 0 aliphatic heterocycles. The second-order valence-electron chi connectivity index (χ2n) is 8.25. The van der Waals surface area contributed by atoms with E-state index < -0.39 is 23.4 Å². The molecule has 4 aromatic rings. The van der Waals surface area contributed by atoms with Gasteiger partial charge in [-0.05, 0) is 41.8 Å². The van der Waals surface area contributed by atoms with Gasteiger partial charge in [-0.2, -0.15) is 4.98 Å². The third-order valence-corrected chi connectivity index (χ3v) is 5.92. The molecule has 2 aromatic heterocycles. The lowest BCUT2D eigenvalue weighted by atomic mass is 9.89. The number of ether oxygens (including phenoxy) is 1. The van der Waals surface area contributed by atoms with Crippen molar-refractivity contribution < 1.29 is 19.7 Å². The average Bonchev–Trinajstić information content (AvgIpc) is 2.88. The van der Waals surface area contributed by atoms with Gasteiger partial charge in [0.05, 0.1) is 25.3 Å². The van der Waals surface area contributed by atoms with E-state index in [0.717, 1.165) is 5.56 Å². The van der Waals surface area contributed by atoms with Crippen LogP contribution in [0.5, 0.6) is 11.6 Å². The fraction of sp³-hybridized carbons (Fsp3) is 0.222. The van der Waals surface area contributed by atoms with Crippen LogP contribution in [-0.4, -0.2) is 45.3 Å². The van der Waals surface area contributed by atoms with Crippen LogP contribution in [0.4, 0.5) is 0 Å². The average molecular weight is 474 g/mol. The molecule has 2 heterocycles. The Morgan fingerprint density at radius 1 is 1.06 bits per heavy atom. The number of benzene rings is 2. The second kappa shape index (κ2) is 10.8. The first-order valence-electron chi connectivity index (χ1n) is 11.3. The summed E-state index contributed by atoms with van der Waals surface area (Å²) in [6.45, 7) is -0.237. The van der Waals surface area contributed by atoms with Crippen LogP contribution in [-0.2, 0) is 11.2 Å². The molecule has 35 heavy (non-hydrogen) atoms. The molecule has 0 saturated heterocycles. The number of hydrogen-bond acceptors (Lipinski definition) is 6. The topological polar surface area (TPSA) is 113 Å². The van der Waals surface area contributed by atoms with Gasteiger partial charge in [0.25, 0.3) is 5.56 Å². The number of hydrogen-bond donors (Lipinski definition) is 3. The summed E-state index contributed by atoms with van der Waals surface area (Å²) in [4.78, 5) is 30.6. The summed E-state index contributed by atoms with van der Waals surface area (Å²) in [6.07, 6.45) is 1.91. The number of aliphatic hydroxyl groups is 1. The van der Waals surface area contributed by atoms with E-state index in [2.05, 4.69) is 10.3 Å². The predicted octanol–water partition coefficient (Wildman–Crippen LogP) is 2.65. The highest BCUT2D eigenvalue weighted by atomic mass is 16.5. The maximum Gasteiger partial charge on any atom is 0.265 e. The van der Waals surface area contributed by atoms with Crippen molar-refractivity contribution >= 4 is 11.6 Å². The number of aliphatic hydroxyl groups excluding tert-OH is 1. The minimum Gasteiger partial charge on any atom is -0.497 e. The van der Waals surface area contributed by atoms with E-state index in [4.69, 9.17) is 4.74 Å². The van der Waals surface area contributed by atoms with E-state index >= 15 is 0 Å². The van der Waals surface area contributed by atoms with E-state index in [1.54, 1.807) is 55.8 Å². The van der Waals surface area contributed by atoms with Gasteiger partial charge in [0.1, 0.15) is 11.4 Å². The fourth-order valence-electron chi connectivity index (χ4n) is 4.15. The third kappa shape index (κ3) is 5.50. The first kappa shape index (κ1) is 24.0. The molecule has 0 radical (unpaired) electrons. The highest BCUT2D eigenvalue weighted by Gasteiger charge is 2.27. The van der Waals surface area contributed by atoms with E-state index in [-0.39, 0.29) is 24.5 Å². The molecule has 0 aliphatic rings. The van der Waals surface area contributed by atoms with Crippen LogP contribution < -0.4 is 15.6 Å². The van der Waals surface area contributed by atoms with Crippen LogP contribution in [0.15, 0.2) is 83.8 Å². The molecule has 180 valence electrons. The zero-order chi connectivity index (χ0) is 24.8. The minimum absolute atomic E-state index is 0.0256. The van der Waals surface area contributed by atoms with E-state index in [1.165, 1.54) is 4.40 Å². The van der Waals surface area contributed by atoms with Gasteiger partial charge < -0.3 is 20.3 Å². The summed E-state index contributed by atoms with van der Waals surface area (Å²) in [6, 6.07) is 21.1. The number of aromatic hydroxyl groups is 1. The quantitative estimate of drug-likeness (QED) is 0.345. The number of carbonyl (C=O) groups excluding carboxylic acids is 1. The summed E-state index contributed by atoms with van der Waals surface area (Å²) >= 11 is 0. The lowest BCUT2D eigenvalue weighted by Gasteiger charge is -2.21. The van der Waals surface area contributed by atoms with Crippen molar-refractivity contribution in [3.63, 3.8) is 0 Å². The first-order chi connectivity index (χ1) is 17.0.